The lowest BCUT2D eigenvalue weighted by atomic mass is 10.2. The Morgan fingerprint density at radius 1 is 1.08 bits per heavy atom. The minimum absolute atomic E-state index is 0.110. The molecule has 0 bridgehead atoms. The number of rotatable bonds is 5. The number of hydrogen-bond donors (Lipinski definition) is 1. The molecule has 1 heterocycles. The van der Waals surface area contributed by atoms with E-state index in [4.69, 9.17) is 0 Å². The van der Waals surface area contributed by atoms with E-state index < -0.39 is 0 Å². The van der Waals surface area contributed by atoms with Crippen molar-refractivity contribution in [2.24, 2.45) is 0 Å². The number of para-hydroxylation sites is 1. The predicted molar refractivity (Wildman–Crippen MR) is 98.2 cm³/mol. The van der Waals surface area contributed by atoms with E-state index >= 15 is 0 Å². The molecule has 5 heteroatoms. The van der Waals surface area contributed by atoms with Crippen LogP contribution in [0.1, 0.15) is 28.8 Å². The van der Waals surface area contributed by atoms with Gasteiger partial charge in [0, 0.05) is 35.2 Å². The average Bonchev–Trinajstić information content (AvgIpc) is 3.03. The summed E-state index contributed by atoms with van der Waals surface area (Å²) < 4.78 is 0.940. The topological polar surface area (TPSA) is 49.4 Å². The first kappa shape index (κ1) is 16.7. The van der Waals surface area contributed by atoms with Gasteiger partial charge in [0.15, 0.2) is 0 Å². The highest BCUT2D eigenvalue weighted by molar-refractivity contribution is 9.10. The second kappa shape index (κ2) is 7.62. The molecule has 0 fully saturated rings. The molecular formula is C19H19BrN2O2. The summed E-state index contributed by atoms with van der Waals surface area (Å²) in [5.41, 5.74) is 2.88. The molecule has 124 valence electrons. The van der Waals surface area contributed by atoms with Gasteiger partial charge in [-0.3, -0.25) is 9.59 Å². The third-order valence-corrected chi connectivity index (χ3v) is 4.68. The summed E-state index contributed by atoms with van der Waals surface area (Å²) in [5, 5.41) is 2.86. The average molecular weight is 387 g/mol. The number of amides is 2. The molecule has 0 saturated carbocycles. The zero-order valence-corrected chi connectivity index (χ0v) is 14.9. The summed E-state index contributed by atoms with van der Waals surface area (Å²) in [5.74, 6) is 0.0132. The number of anilines is 1. The van der Waals surface area contributed by atoms with Gasteiger partial charge in [-0.2, -0.15) is 0 Å². The molecule has 1 N–H and O–H groups in total. The normalized spacial score (nSPS) is 12.8. The van der Waals surface area contributed by atoms with Gasteiger partial charge in [-0.15, -0.1) is 0 Å². The van der Waals surface area contributed by atoms with Gasteiger partial charge in [0.2, 0.25) is 5.91 Å². The summed E-state index contributed by atoms with van der Waals surface area (Å²) in [6.07, 6.45) is 2.00. The molecule has 0 atom stereocenters. The lowest BCUT2D eigenvalue weighted by molar-refractivity contribution is -0.118. The summed E-state index contributed by atoms with van der Waals surface area (Å²) in [6, 6.07) is 15.2. The van der Waals surface area contributed by atoms with Crippen LogP contribution in [0.15, 0.2) is 53.0 Å². The Hall–Kier alpha value is -2.14. The zero-order valence-electron chi connectivity index (χ0n) is 13.3. The van der Waals surface area contributed by atoms with E-state index in [1.165, 1.54) is 5.56 Å². The highest BCUT2D eigenvalue weighted by Crippen LogP contribution is 2.27. The standard InChI is InChI=1S/C19H19BrN2O2/c20-16-9-7-15(8-10-16)19(24)21-12-3-6-18(23)22-13-11-14-4-1-2-5-17(14)22/h1-2,4-5,7-10H,3,6,11-13H2,(H,21,24). The predicted octanol–water partition coefficient (Wildman–Crippen LogP) is 3.55. The van der Waals surface area contributed by atoms with E-state index in [9.17, 15) is 9.59 Å². The number of benzene rings is 2. The van der Waals surface area contributed by atoms with Crippen LogP contribution in [0.4, 0.5) is 5.69 Å². The van der Waals surface area contributed by atoms with Gasteiger partial charge in [0.1, 0.15) is 0 Å². The van der Waals surface area contributed by atoms with E-state index in [1.807, 2.05) is 35.2 Å². The van der Waals surface area contributed by atoms with Gasteiger partial charge in [0.25, 0.3) is 5.91 Å². The van der Waals surface area contributed by atoms with E-state index in [1.54, 1.807) is 12.1 Å². The van der Waals surface area contributed by atoms with Crippen molar-refractivity contribution in [1.29, 1.82) is 0 Å². The van der Waals surface area contributed by atoms with Crippen molar-refractivity contribution in [3.05, 3.63) is 64.1 Å². The maximum atomic E-state index is 12.4. The minimum atomic E-state index is -0.110. The first-order valence-electron chi connectivity index (χ1n) is 8.07. The molecule has 0 radical (unpaired) electrons. The largest absolute Gasteiger partial charge is 0.352 e. The molecule has 0 saturated heterocycles. The van der Waals surface area contributed by atoms with Crippen molar-refractivity contribution in [3.8, 4) is 0 Å². The van der Waals surface area contributed by atoms with Gasteiger partial charge >= 0.3 is 0 Å². The number of carbonyl (C=O) groups is 2. The Balaban J connectivity index is 1.45. The van der Waals surface area contributed by atoms with Crippen LogP contribution < -0.4 is 10.2 Å². The van der Waals surface area contributed by atoms with Crippen molar-refractivity contribution >= 4 is 33.4 Å². The van der Waals surface area contributed by atoms with Gasteiger partial charge in [-0.1, -0.05) is 34.1 Å². The fourth-order valence-electron chi connectivity index (χ4n) is 2.88. The lowest BCUT2D eigenvalue weighted by Gasteiger charge is -2.17. The zero-order chi connectivity index (χ0) is 16.9. The Labute approximate surface area is 150 Å². The third-order valence-electron chi connectivity index (χ3n) is 4.15. The van der Waals surface area contributed by atoms with Crippen LogP contribution in [0, 0.1) is 0 Å². The Kier molecular flexibility index (Phi) is 5.30. The molecule has 0 spiro atoms. The molecule has 0 unspecified atom stereocenters. The van der Waals surface area contributed by atoms with E-state index in [0.29, 0.717) is 24.9 Å². The molecule has 1 aliphatic heterocycles. The van der Waals surface area contributed by atoms with Gasteiger partial charge in [-0.25, -0.2) is 0 Å². The Morgan fingerprint density at radius 3 is 2.62 bits per heavy atom. The SMILES string of the molecule is O=C(NCCCC(=O)N1CCc2ccccc21)c1ccc(Br)cc1. The lowest BCUT2D eigenvalue weighted by Crippen LogP contribution is -2.30. The molecule has 4 nitrogen and oxygen atoms in total. The second-order valence-electron chi connectivity index (χ2n) is 5.79. The van der Waals surface area contributed by atoms with Crippen LogP contribution in [0.25, 0.3) is 0 Å². The molecule has 24 heavy (non-hydrogen) atoms. The smallest absolute Gasteiger partial charge is 0.251 e. The van der Waals surface area contributed by atoms with Crippen LogP contribution in [0.5, 0.6) is 0 Å². The summed E-state index contributed by atoms with van der Waals surface area (Å²) in [6.45, 7) is 1.25. The summed E-state index contributed by atoms with van der Waals surface area (Å²) >= 11 is 3.34. The summed E-state index contributed by atoms with van der Waals surface area (Å²) in [4.78, 5) is 26.2. The van der Waals surface area contributed by atoms with Crippen molar-refractivity contribution in [2.75, 3.05) is 18.0 Å². The fourth-order valence-corrected chi connectivity index (χ4v) is 3.14. The highest BCUT2D eigenvalue weighted by Gasteiger charge is 2.23. The number of hydrogen-bond acceptors (Lipinski definition) is 2. The second-order valence-corrected chi connectivity index (χ2v) is 6.71. The van der Waals surface area contributed by atoms with Crippen molar-refractivity contribution in [1.82, 2.24) is 5.32 Å². The van der Waals surface area contributed by atoms with Crippen molar-refractivity contribution < 1.29 is 9.59 Å². The molecule has 2 aromatic rings. The Morgan fingerprint density at radius 2 is 1.83 bits per heavy atom. The van der Waals surface area contributed by atoms with Crippen molar-refractivity contribution in [3.63, 3.8) is 0 Å². The maximum Gasteiger partial charge on any atom is 0.251 e. The van der Waals surface area contributed by atoms with Crippen LogP contribution in [-0.2, 0) is 11.2 Å². The number of nitrogens with one attached hydrogen (secondary N) is 1. The molecule has 0 aliphatic carbocycles. The fraction of sp³-hybridized carbons (Fsp3) is 0.263. The highest BCUT2D eigenvalue weighted by atomic mass is 79.9. The van der Waals surface area contributed by atoms with Crippen LogP contribution in [0.2, 0.25) is 0 Å². The van der Waals surface area contributed by atoms with Crippen LogP contribution in [-0.4, -0.2) is 24.9 Å². The minimum Gasteiger partial charge on any atom is -0.352 e. The molecule has 2 amide bonds. The summed E-state index contributed by atoms with van der Waals surface area (Å²) in [7, 11) is 0. The molecule has 1 aliphatic rings. The first-order valence-corrected chi connectivity index (χ1v) is 8.86. The van der Waals surface area contributed by atoms with Crippen LogP contribution >= 0.6 is 15.9 Å². The molecule has 0 aromatic heterocycles. The van der Waals surface area contributed by atoms with Gasteiger partial charge in [0.05, 0.1) is 0 Å². The van der Waals surface area contributed by atoms with E-state index in [2.05, 4.69) is 27.3 Å². The number of nitrogens with zero attached hydrogens (tertiary/aromatic N) is 1. The van der Waals surface area contributed by atoms with Crippen molar-refractivity contribution in [2.45, 2.75) is 19.3 Å². The van der Waals surface area contributed by atoms with Gasteiger partial charge < -0.3 is 10.2 Å². The number of carbonyl (C=O) groups excluding carboxylic acids is 2. The van der Waals surface area contributed by atoms with Gasteiger partial charge in [-0.05, 0) is 48.7 Å². The Bertz CT molecular complexity index is 743. The monoisotopic (exact) mass is 386 g/mol. The van der Waals surface area contributed by atoms with E-state index in [0.717, 1.165) is 23.1 Å². The quantitative estimate of drug-likeness (QED) is 0.798. The molecule has 3 rings (SSSR count). The van der Waals surface area contributed by atoms with E-state index in [-0.39, 0.29) is 11.8 Å². The van der Waals surface area contributed by atoms with Crippen LogP contribution in [0.3, 0.4) is 0 Å². The maximum absolute atomic E-state index is 12.4. The number of fused-ring (bicyclic) bond motifs is 1. The molecular weight excluding hydrogens is 368 g/mol. The first-order chi connectivity index (χ1) is 11.6. The number of halogens is 1. The third kappa shape index (κ3) is 3.85. The molecule has 2 aromatic carbocycles.